The number of thiophene rings is 1. The van der Waals surface area contributed by atoms with Gasteiger partial charge in [-0.1, -0.05) is 0 Å². The van der Waals surface area contributed by atoms with Crippen molar-refractivity contribution < 1.29 is 14.2 Å². The normalized spacial score (nSPS) is 17.3. The van der Waals surface area contributed by atoms with E-state index >= 15 is 0 Å². The Kier molecular flexibility index (Phi) is 6.10. The third kappa shape index (κ3) is 4.64. The zero-order valence-corrected chi connectivity index (χ0v) is 18.9. The monoisotopic (exact) mass is 449 g/mol. The first-order valence-corrected chi connectivity index (χ1v) is 11.9. The second kappa shape index (κ2) is 9.30. The van der Waals surface area contributed by atoms with E-state index in [-0.39, 0.29) is 5.92 Å². The molecule has 32 heavy (non-hydrogen) atoms. The number of fused-ring (bicyclic) bond motifs is 1. The Balaban J connectivity index is 1.44. The van der Waals surface area contributed by atoms with E-state index in [9.17, 15) is 0 Å². The molecule has 0 bridgehead atoms. The number of hydrogen-bond donors (Lipinski definition) is 2. The number of rotatable bonds is 8. The van der Waals surface area contributed by atoms with Gasteiger partial charge in [0, 0.05) is 48.5 Å². The molecule has 5 rings (SSSR count). The molecule has 0 amide bonds. The number of pyridine rings is 1. The van der Waals surface area contributed by atoms with Crippen molar-refractivity contribution in [2.75, 3.05) is 20.3 Å². The molecule has 166 valence electrons. The van der Waals surface area contributed by atoms with Crippen molar-refractivity contribution >= 4 is 27.3 Å². The third-order valence-electron chi connectivity index (χ3n) is 5.89. The van der Waals surface area contributed by atoms with Crippen LogP contribution < -0.4 is 14.8 Å². The number of ether oxygens (including phenoxy) is 3. The Morgan fingerprint density at radius 2 is 1.94 bits per heavy atom. The maximum atomic E-state index is 8.83. The van der Waals surface area contributed by atoms with Crippen LogP contribution in [0.15, 0.2) is 54.6 Å². The van der Waals surface area contributed by atoms with Gasteiger partial charge in [0.05, 0.1) is 23.0 Å². The van der Waals surface area contributed by atoms with Crippen LogP contribution in [0.3, 0.4) is 0 Å². The highest BCUT2D eigenvalue weighted by molar-refractivity contribution is 7.22. The topological polar surface area (TPSA) is 76.5 Å². The van der Waals surface area contributed by atoms with Gasteiger partial charge in [-0.05, 0) is 61.6 Å². The van der Waals surface area contributed by atoms with Crippen molar-refractivity contribution in [1.82, 2.24) is 10.3 Å². The Hall–Kier alpha value is -2.90. The zero-order chi connectivity index (χ0) is 21.9. The maximum absolute atomic E-state index is 8.83. The second-order valence-corrected chi connectivity index (χ2v) is 9.27. The number of methoxy groups -OCH3 is 1. The SMILES string of the molecule is COc1ccc(-c2cc3nccc(O/C(=C/NC4CC4)C(=N)C4CCOCC4)c3s2)cc1. The largest absolute Gasteiger partial charge is 0.497 e. The minimum absolute atomic E-state index is 0.159. The van der Waals surface area contributed by atoms with E-state index in [4.69, 9.17) is 19.6 Å². The number of nitrogens with one attached hydrogen (secondary N) is 2. The van der Waals surface area contributed by atoms with E-state index in [1.165, 1.54) is 12.8 Å². The minimum Gasteiger partial charge on any atom is -0.497 e. The highest BCUT2D eigenvalue weighted by Gasteiger charge is 2.25. The number of nitrogens with zero attached hydrogens (tertiary/aromatic N) is 1. The van der Waals surface area contributed by atoms with Crippen LogP contribution in [0, 0.1) is 11.3 Å². The first-order chi connectivity index (χ1) is 15.7. The van der Waals surface area contributed by atoms with Crippen molar-refractivity contribution in [2.24, 2.45) is 5.92 Å². The van der Waals surface area contributed by atoms with Crippen molar-refractivity contribution in [2.45, 2.75) is 31.7 Å². The molecule has 2 N–H and O–H groups in total. The van der Waals surface area contributed by atoms with Crippen LogP contribution in [-0.4, -0.2) is 37.1 Å². The van der Waals surface area contributed by atoms with E-state index in [1.54, 1.807) is 24.6 Å². The molecule has 1 saturated heterocycles. The molecule has 0 unspecified atom stereocenters. The number of aromatic nitrogens is 1. The minimum atomic E-state index is 0.159. The van der Waals surface area contributed by atoms with Gasteiger partial charge >= 0.3 is 0 Å². The lowest BCUT2D eigenvalue weighted by Gasteiger charge is -2.24. The van der Waals surface area contributed by atoms with Crippen LogP contribution in [0.5, 0.6) is 11.5 Å². The molecule has 3 heterocycles. The van der Waals surface area contributed by atoms with Gasteiger partial charge in [0.15, 0.2) is 5.76 Å². The average molecular weight is 450 g/mol. The van der Waals surface area contributed by atoms with E-state index in [1.807, 2.05) is 24.4 Å². The molecule has 1 aliphatic carbocycles. The highest BCUT2D eigenvalue weighted by atomic mass is 32.1. The highest BCUT2D eigenvalue weighted by Crippen LogP contribution is 2.39. The first kappa shape index (κ1) is 21.0. The van der Waals surface area contributed by atoms with Gasteiger partial charge < -0.3 is 24.9 Å². The zero-order valence-electron chi connectivity index (χ0n) is 18.1. The average Bonchev–Trinajstić information content (AvgIpc) is 3.57. The van der Waals surface area contributed by atoms with Crippen molar-refractivity contribution in [3.8, 4) is 21.9 Å². The summed E-state index contributed by atoms with van der Waals surface area (Å²) in [7, 11) is 1.67. The third-order valence-corrected chi connectivity index (χ3v) is 7.08. The van der Waals surface area contributed by atoms with Gasteiger partial charge in [0.2, 0.25) is 0 Å². The van der Waals surface area contributed by atoms with Gasteiger partial charge in [-0.25, -0.2) is 0 Å². The first-order valence-electron chi connectivity index (χ1n) is 11.0. The van der Waals surface area contributed by atoms with Gasteiger partial charge in [-0.15, -0.1) is 11.3 Å². The molecule has 2 aliphatic rings. The molecule has 7 heteroatoms. The molecule has 3 aromatic rings. The molecule has 2 aromatic heterocycles. The molecule has 0 radical (unpaired) electrons. The Labute approximate surface area is 191 Å². The fraction of sp³-hybridized carbons (Fsp3) is 0.360. The smallest absolute Gasteiger partial charge is 0.164 e. The second-order valence-electron chi connectivity index (χ2n) is 8.21. The van der Waals surface area contributed by atoms with Gasteiger partial charge in [-0.3, -0.25) is 4.98 Å². The fourth-order valence-electron chi connectivity index (χ4n) is 3.80. The van der Waals surface area contributed by atoms with Gasteiger partial charge in [0.1, 0.15) is 11.5 Å². The summed E-state index contributed by atoms with van der Waals surface area (Å²) in [6, 6.07) is 12.5. The standard InChI is InChI=1S/C25H27N3O3S/c1-29-19-6-2-16(3-7-19)23-14-20-25(32-23)21(8-11-27-20)31-22(15-28-18-4-5-18)24(26)17-9-12-30-13-10-17/h2-3,6-8,11,14-15,17-18,26,28H,4-5,9-10,12-13H2,1H3/b22-15+,26-24?. The summed E-state index contributed by atoms with van der Waals surface area (Å²) in [6.07, 6.45) is 7.71. The lowest BCUT2D eigenvalue weighted by Crippen LogP contribution is -2.27. The lowest BCUT2D eigenvalue weighted by molar-refractivity contribution is 0.0822. The van der Waals surface area contributed by atoms with E-state index in [0.29, 0.717) is 30.7 Å². The summed E-state index contributed by atoms with van der Waals surface area (Å²) >= 11 is 1.65. The summed E-state index contributed by atoms with van der Waals surface area (Å²) < 4.78 is 18.1. The summed E-state index contributed by atoms with van der Waals surface area (Å²) in [5.74, 6) is 2.32. The van der Waals surface area contributed by atoms with Crippen molar-refractivity contribution in [1.29, 1.82) is 5.41 Å². The predicted octanol–water partition coefficient (Wildman–Crippen LogP) is 5.39. The number of benzene rings is 1. The number of allylic oxidation sites excluding steroid dienone is 1. The Bertz CT molecular complexity index is 1130. The van der Waals surface area contributed by atoms with Gasteiger partial charge in [-0.2, -0.15) is 0 Å². The van der Waals surface area contributed by atoms with Crippen LogP contribution in [-0.2, 0) is 4.74 Å². The Morgan fingerprint density at radius 3 is 2.66 bits per heavy atom. The molecule has 1 aliphatic heterocycles. The molecule has 2 fully saturated rings. The number of hydrogen-bond acceptors (Lipinski definition) is 7. The molecule has 1 aromatic carbocycles. The van der Waals surface area contributed by atoms with Crippen LogP contribution in [0.25, 0.3) is 20.7 Å². The summed E-state index contributed by atoms with van der Waals surface area (Å²) in [4.78, 5) is 5.67. The van der Waals surface area contributed by atoms with Gasteiger partial charge in [0.25, 0.3) is 0 Å². The van der Waals surface area contributed by atoms with Crippen LogP contribution >= 0.6 is 11.3 Å². The molecule has 6 nitrogen and oxygen atoms in total. The molecule has 1 saturated carbocycles. The van der Waals surface area contributed by atoms with E-state index in [0.717, 1.165) is 45.0 Å². The molecular formula is C25H27N3O3S. The van der Waals surface area contributed by atoms with Crippen molar-refractivity contribution in [3.63, 3.8) is 0 Å². The summed E-state index contributed by atoms with van der Waals surface area (Å²) in [5.41, 5.74) is 2.55. The van der Waals surface area contributed by atoms with E-state index in [2.05, 4.69) is 28.5 Å². The summed E-state index contributed by atoms with van der Waals surface area (Å²) in [6.45, 7) is 1.40. The predicted molar refractivity (Wildman–Crippen MR) is 128 cm³/mol. The maximum Gasteiger partial charge on any atom is 0.164 e. The lowest BCUT2D eigenvalue weighted by atomic mass is 9.93. The van der Waals surface area contributed by atoms with Crippen molar-refractivity contribution in [3.05, 3.63) is 54.6 Å². The fourth-order valence-corrected chi connectivity index (χ4v) is 4.88. The van der Waals surface area contributed by atoms with Crippen LogP contribution in [0.2, 0.25) is 0 Å². The molecule has 0 atom stereocenters. The molecule has 0 spiro atoms. The van der Waals surface area contributed by atoms with Crippen LogP contribution in [0.4, 0.5) is 0 Å². The van der Waals surface area contributed by atoms with E-state index < -0.39 is 0 Å². The van der Waals surface area contributed by atoms with Crippen LogP contribution in [0.1, 0.15) is 25.7 Å². The molecular weight excluding hydrogens is 422 g/mol. The quantitative estimate of drug-likeness (QED) is 0.356. The summed E-state index contributed by atoms with van der Waals surface area (Å²) in [5, 5.41) is 12.2. The Morgan fingerprint density at radius 1 is 1.16 bits per heavy atom.